The highest BCUT2D eigenvalue weighted by Gasteiger charge is 2.54. The fourth-order valence-corrected chi connectivity index (χ4v) is 4.41. The van der Waals surface area contributed by atoms with Gasteiger partial charge in [-0.15, -0.1) is 0 Å². The van der Waals surface area contributed by atoms with Crippen molar-refractivity contribution in [3.63, 3.8) is 0 Å². The number of carbonyl (C=O) groups excluding carboxylic acids is 1. The quantitative estimate of drug-likeness (QED) is 0.543. The summed E-state index contributed by atoms with van der Waals surface area (Å²) in [6.07, 6.45) is 1.47. The molecule has 0 atom stereocenters. The van der Waals surface area contributed by atoms with E-state index < -0.39 is 5.41 Å². The molecule has 2 aromatic heterocycles. The first kappa shape index (κ1) is 16.6. The average molecular weight is 405 g/mol. The van der Waals surface area contributed by atoms with E-state index in [-0.39, 0.29) is 12.7 Å². The minimum absolute atomic E-state index is 0.0953. The van der Waals surface area contributed by atoms with Crippen molar-refractivity contribution in [3.05, 3.63) is 54.2 Å². The third kappa shape index (κ3) is 2.67. The Labute approximate surface area is 169 Å². The van der Waals surface area contributed by atoms with Crippen LogP contribution >= 0.6 is 11.3 Å². The Hall–Kier alpha value is -3.39. The predicted molar refractivity (Wildman–Crippen MR) is 107 cm³/mol. The number of para-hydroxylation sites is 1. The van der Waals surface area contributed by atoms with Gasteiger partial charge in [0.25, 0.3) is 0 Å². The van der Waals surface area contributed by atoms with Gasteiger partial charge in [-0.3, -0.25) is 4.79 Å². The molecule has 7 nitrogen and oxygen atoms in total. The van der Waals surface area contributed by atoms with E-state index in [0.29, 0.717) is 28.1 Å². The zero-order valence-electron chi connectivity index (χ0n) is 15.2. The second-order valence-electron chi connectivity index (χ2n) is 7.17. The molecule has 0 bridgehead atoms. The second kappa shape index (κ2) is 6.05. The largest absolute Gasteiger partial charge is 0.454 e. The van der Waals surface area contributed by atoms with E-state index in [1.165, 1.54) is 11.3 Å². The Kier molecular flexibility index (Phi) is 3.45. The molecule has 144 valence electrons. The van der Waals surface area contributed by atoms with E-state index in [1.807, 2.05) is 48.5 Å². The zero-order chi connectivity index (χ0) is 19.4. The first-order chi connectivity index (χ1) is 14.2. The minimum Gasteiger partial charge on any atom is -0.454 e. The summed E-state index contributed by atoms with van der Waals surface area (Å²) in [7, 11) is 0. The van der Waals surface area contributed by atoms with Crippen LogP contribution < -0.4 is 14.8 Å². The van der Waals surface area contributed by atoms with Crippen LogP contribution in [0, 0.1) is 0 Å². The fraction of sp³-hybridized carbons (Fsp3) is 0.190. The molecule has 1 amide bonds. The lowest BCUT2D eigenvalue weighted by atomic mass is 10.0. The molecule has 4 aromatic rings. The number of amides is 1. The van der Waals surface area contributed by atoms with E-state index in [0.717, 1.165) is 28.6 Å². The summed E-state index contributed by atoms with van der Waals surface area (Å²) in [6, 6.07) is 15.2. The number of nitrogens with zero attached hydrogens (tertiary/aromatic N) is 2. The summed E-state index contributed by atoms with van der Waals surface area (Å²) in [5, 5.41) is 7.77. The van der Waals surface area contributed by atoms with E-state index in [9.17, 15) is 4.79 Å². The van der Waals surface area contributed by atoms with Gasteiger partial charge in [-0.25, -0.2) is 4.98 Å². The molecule has 1 aliphatic heterocycles. The monoisotopic (exact) mass is 405 g/mol. The maximum atomic E-state index is 13.0. The molecule has 0 unspecified atom stereocenters. The van der Waals surface area contributed by atoms with Crippen LogP contribution in [0.3, 0.4) is 0 Å². The molecule has 29 heavy (non-hydrogen) atoms. The van der Waals surface area contributed by atoms with Gasteiger partial charge in [0.2, 0.25) is 12.7 Å². The number of hydrogen-bond acceptors (Lipinski definition) is 7. The van der Waals surface area contributed by atoms with Crippen LogP contribution in [0.1, 0.15) is 18.5 Å². The molecule has 8 heteroatoms. The number of carbonyl (C=O) groups is 1. The third-order valence-electron chi connectivity index (χ3n) is 5.36. The van der Waals surface area contributed by atoms with E-state index in [4.69, 9.17) is 14.0 Å². The van der Waals surface area contributed by atoms with Gasteiger partial charge < -0.3 is 19.3 Å². The van der Waals surface area contributed by atoms with Gasteiger partial charge in [0.1, 0.15) is 0 Å². The van der Waals surface area contributed by atoms with Gasteiger partial charge >= 0.3 is 0 Å². The minimum atomic E-state index is -0.657. The Morgan fingerprint density at radius 2 is 1.93 bits per heavy atom. The Morgan fingerprint density at radius 1 is 1.07 bits per heavy atom. The Morgan fingerprint density at radius 3 is 2.79 bits per heavy atom. The standard InChI is InChI=1S/C21H15N3O4S/c25-19(23-20-22-13-3-1-2-4-17(13)29-20)21(7-8-21)18-10-15(28-24-18)12-5-6-14-16(9-12)27-11-26-14/h1-6,9-10H,7-8,11H2,(H,22,23,25). The fourth-order valence-electron chi connectivity index (χ4n) is 3.55. The summed E-state index contributed by atoms with van der Waals surface area (Å²) in [6.45, 7) is 0.218. The van der Waals surface area contributed by atoms with Crippen molar-refractivity contribution in [2.45, 2.75) is 18.3 Å². The summed E-state index contributed by atoms with van der Waals surface area (Å²) in [5.41, 5.74) is 1.69. The summed E-state index contributed by atoms with van der Waals surface area (Å²) in [5.74, 6) is 1.89. The molecular formula is C21H15N3O4S. The van der Waals surface area contributed by atoms with Crippen LogP contribution in [0.25, 0.3) is 21.5 Å². The van der Waals surface area contributed by atoms with Gasteiger partial charge in [-0.05, 0) is 43.2 Å². The lowest BCUT2D eigenvalue weighted by molar-refractivity contribution is -0.118. The van der Waals surface area contributed by atoms with Crippen LogP contribution in [0.15, 0.2) is 53.1 Å². The molecule has 0 radical (unpaired) electrons. The molecule has 3 heterocycles. The van der Waals surface area contributed by atoms with Crippen molar-refractivity contribution in [1.82, 2.24) is 10.1 Å². The van der Waals surface area contributed by atoms with Gasteiger partial charge in [0.05, 0.1) is 21.3 Å². The van der Waals surface area contributed by atoms with Crippen LogP contribution in [0.4, 0.5) is 5.13 Å². The summed E-state index contributed by atoms with van der Waals surface area (Å²) >= 11 is 1.47. The van der Waals surface area contributed by atoms with Crippen molar-refractivity contribution in [3.8, 4) is 22.8 Å². The number of rotatable bonds is 4. The second-order valence-corrected chi connectivity index (χ2v) is 8.20. The van der Waals surface area contributed by atoms with E-state index >= 15 is 0 Å². The highest BCUT2D eigenvalue weighted by Crippen LogP contribution is 2.49. The molecule has 0 spiro atoms. The number of benzene rings is 2. The van der Waals surface area contributed by atoms with Crippen molar-refractivity contribution in [2.24, 2.45) is 0 Å². The van der Waals surface area contributed by atoms with Crippen molar-refractivity contribution in [1.29, 1.82) is 0 Å². The van der Waals surface area contributed by atoms with Crippen molar-refractivity contribution in [2.75, 3.05) is 12.1 Å². The smallest absolute Gasteiger partial charge is 0.238 e. The zero-order valence-corrected chi connectivity index (χ0v) is 16.0. The molecule has 2 aromatic carbocycles. The normalized spacial score (nSPS) is 16.1. The number of ether oxygens (including phenoxy) is 2. The van der Waals surface area contributed by atoms with Crippen LogP contribution in [-0.2, 0) is 10.2 Å². The summed E-state index contributed by atoms with van der Waals surface area (Å²) < 4.78 is 17.4. The van der Waals surface area contributed by atoms with Gasteiger partial charge in [0, 0.05) is 11.6 Å². The Balaban J connectivity index is 1.26. The molecule has 1 N–H and O–H groups in total. The first-order valence-corrected chi connectivity index (χ1v) is 10.1. The molecule has 1 saturated carbocycles. The van der Waals surface area contributed by atoms with E-state index in [2.05, 4.69) is 15.5 Å². The number of nitrogens with one attached hydrogen (secondary N) is 1. The highest BCUT2D eigenvalue weighted by atomic mass is 32.1. The molecule has 0 saturated heterocycles. The number of fused-ring (bicyclic) bond motifs is 2. The SMILES string of the molecule is O=C(Nc1nc2ccccc2s1)C1(c2cc(-c3ccc4c(c3)OCO4)on2)CC1. The first-order valence-electron chi connectivity index (χ1n) is 9.26. The summed E-state index contributed by atoms with van der Waals surface area (Å²) in [4.78, 5) is 17.5. The number of anilines is 1. The number of thiazole rings is 1. The van der Waals surface area contributed by atoms with Crippen molar-refractivity contribution >= 4 is 32.6 Å². The Bertz CT molecular complexity index is 1220. The predicted octanol–water partition coefficient (Wildman–Crippen LogP) is 4.35. The van der Waals surface area contributed by atoms with E-state index in [1.54, 1.807) is 0 Å². The molecule has 1 fully saturated rings. The molecular weight excluding hydrogens is 390 g/mol. The third-order valence-corrected chi connectivity index (χ3v) is 6.31. The molecule has 6 rings (SSSR count). The van der Waals surface area contributed by atoms with Crippen molar-refractivity contribution < 1.29 is 18.8 Å². The molecule has 1 aliphatic carbocycles. The maximum Gasteiger partial charge on any atom is 0.238 e. The topological polar surface area (TPSA) is 86.5 Å². The van der Waals surface area contributed by atoms with Crippen LogP contribution in [0.5, 0.6) is 11.5 Å². The van der Waals surface area contributed by atoms with Gasteiger partial charge in [-0.2, -0.15) is 0 Å². The maximum absolute atomic E-state index is 13.0. The lowest BCUT2D eigenvalue weighted by Gasteiger charge is -2.10. The van der Waals surface area contributed by atoms with Gasteiger partial charge in [0.15, 0.2) is 22.4 Å². The van der Waals surface area contributed by atoms with Gasteiger partial charge in [-0.1, -0.05) is 28.6 Å². The molecule has 2 aliphatic rings. The highest BCUT2D eigenvalue weighted by molar-refractivity contribution is 7.22. The number of aromatic nitrogens is 2. The average Bonchev–Trinajstić information content (AvgIpc) is 3.11. The lowest BCUT2D eigenvalue weighted by Crippen LogP contribution is -2.28. The van der Waals surface area contributed by atoms with Crippen LogP contribution in [0.2, 0.25) is 0 Å². The van der Waals surface area contributed by atoms with Crippen LogP contribution in [-0.4, -0.2) is 22.8 Å². The number of hydrogen-bond donors (Lipinski definition) is 1.